The Morgan fingerprint density at radius 2 is 1.71 bits per heavy atom. The fraction of sp³-hybridized carbons (Fsp3) is 0.700. The first-order valence-electron chi connectivity index (χ1n) is 4.40. The standard InChI is InChI=1S/C10H17NO3/c1-9(2,3)8(13)10(4,5)6-11-14-7-12/h6-7H,1-5H3/b11-6+. The van der Waals surface area contributed by atoms with Gasteiger partial charge in [0.2, 0.25) is 0 Å². The Hall–Kier alpha value is -1.19. The smallest absolute Gasteiger partial charge is 0.322 e. The first-order chi connectivity index (χ1) is 6.22. The van der Waals surface area contributed by atoms with Crippen LogP contribution < -0.4 is 0 Å². The molecule has 14 heavy (non-hydrogen) atoms. The highest BCUT2D eigenvalue weighted by Crippen LogP contribution is 2.27. The van der Waals surface area contributed by atoms with Crippen LogP contribution in [0.5, 0.6) is 0 Å². The number of ketones is 1. The fourth-order valence-electron chi connectivity index (χ4n) is 1.21. The second-order valence-electron chi connectivity index (χ2n) is 4.74. The Bertz CT molecular complexity index is 249. The fourth-order valence-corrected chi connectivity index (χ4v) is 1.21. The van der Waals surface area contributed by atoms with E-state index in [0.717, 1.165) is 0 Å². The summed E-state index contributed by atoms with van der Waals surface area (Å²) in [5, 5.41) is 3.38. The molecule has 80 valence electrons. The maximum absolute atomic E-state index is 11.8. The first-order valence-corrected chi connectivity index (χ1v) is 4.40. The molecule has 0 aliphatic heterocycles. The van der Waals surface area contributed by atoms with Crippen molar-refractivity contribution in [1.82, 2.24) is 0 Å². The number of hydrogen-bond donors (Lipinski definition) is 0. The zero-order valence-electron chi connectivity index (χ0n) is 9.33. The highest BCUT2D eigenvalue weighted by atomic mass is 16.7. The van der Waals surface area contributed by atoms with Gasteiger partial charge in [-0.1, -0.05) is 25.9 Å². The molecule has 4 nitrogen and oxygen atoms in total. The van der Waals surface area contributed by atoms with E-state index in [1.54, 1.807) is 13.8 Å². The number of oxime groups is 1. The molecule has 0 atom stereocenters. The van der Waals surface area contributed by atoms with E-state index < -0.39 is 10.8 Å². The van der Waals surface area contributed by atoms with E-state index in [9.17, 15) is 9.59 Å². The average molecular weight is 199 g/mol. The van der Waals surface area contributed by atoms with Gasteiger partial charge < -0.3 is 4.84 Å². The van der Waals surface area contributed by atoms with Gasteiger partial charge in [0, 0.05) is 5.41 Å². The molecule has 0 N–H and O–H groups in total. The number of nitrogens with zero attached hydrogens (tertiary/aromatic N) is 1. The van der Waals surface area contributed by atoms with Gasteiger partial charge >= 0.3 is 6.47 Å². The van der Waals surface area contributed by atoms with Crippen molar-refractivity contribution in [2.75, 3.05) is 0 Å². The van der Waals surface area contributed by atoms with E-state index in [2.05, 4.69) is 9.99 Å². The van der Waals surface area contributed by atoms with Gasteiger partial charge in [0.15, 0.2) is 0 Å². The predicted molar refractivity (Wildman–Crippen MR) is 53.9 cm³/mol. The van der Waals surface area contributed by atoms with E-state index >= 15 is 0 Å². The van der Waals surface area contributed by atoms with Crippen molar-refractivity contribution in [2.45, 2.75) is 34.6 Å². The van der Waals surface area contributed by atoms with E-state index in [1.165, 1.54) is 6.21 Å². The lowest BCUT2D eigenvalue weighted by atomic mass is 9.75. The minimum atomic E-state index is -0.721. The largest absolute Gasteiger partial charge is 0.323 e. The first kappa shape index (κ1) is 12.8. The van der Waals surface area contributed by atoms with Gasteiger partial charge in [-0.3, -0.25) is 9.59 Å². The van der Waals surface area contributed by atoms with Crippen LogP contribution in [-0.4, -0.2) is 18.5 Å². The Morgan fingerprint density at radius 3 is 2.07 bits per heavy atom. The van der Waals surface area contributed by atoms with Crippen molar-refractivity contribution in [3.63, 3.8) is 0 Å². The van der Waals surface area contributed by atoms with E-state index in [1.807, 2.05) is 20.8 Å². The molecule has 0 amide bonds. The van der Waals surface area contributed by atoms with Crippen molar-refractivity contribution in [3.05, 3.63) is 0 Å². The average Bonchev–Trinajstić information content (AvgIpc) is 2.01. The third kappa shape index (κ3) is 3.68. The summed E-state index contributed by atoms with van der Waals surface area (Å²) in [6.45, 7) is 9.20. The zero-order chi connectivity index (χ0) is 11.4. The van der Waals surface area contributed by atoms with Gasteiger partial charge in [-0.2, -0.15) is 0 Å². The summed E-state index contributed by atoms with van der Waals surface area (Å²) in [6, 6.07) is 0. The summed E-state index contributed by atoms with van der Waals surface area (Å²) in [7, 11) is 0. The maximum Gasteiger partial charge on any atom is 0.323 e. The SMILES string of the molecule is CC(C)(C)C(=O)C(C)(C)/C=N/OC=O. The zero-order valence-corrected chi connectivity index (χ0v) is 9.33. The lowest BCUT2D eigenvalue weighted by Gasteiger charge is -2.26. The molecule has 0 radical (unpaired) electrons. The van der Waals surface area contributed by atoms with Crippen LogP contribution in [-0.2, 0) is 14.4 Å². The summed E-state index contributed by atoms with van der Waals surface area (Å²) in [4.78, 5) is 25.9. The van der Waals surface area contributed by atoms with Crippen LogP contribution in [0.3, 0.4) is 0 Å². The molecule has 0 fully saturated rings. The Morgan fingerprint density at radius 1 is 1.21 bits per heavy atom. The molecule has 0 aromatic rings. The summed E-state index contributed by atoms with van der Waals surface area (Å²) in [5.41, 5.74) is -1.15. The Kier molecular flexibility index (Phi) is 3.98. The molecule has 0 spiro atoms. The summed E-state index contributed by atoms with van der Waals surface area (Å²) < 4.78 is 0. The summed E-state index contributed by atoms with van der Waals surface area (Å²) >= 11 is 0. The monoisotopic (exact) mass is 199 g/mol. The van der Waals surface area contributed by atoms with Gasteiger partial charge in [-0.25, -0.2) is 0 Å². The Labute approximate surface area is 84.3 Å². The van der Waals surface area contributed by atoms with Crippen molar-refractivity contribution in [3.8, 4) is 0 Å². The topological polar surface area (TPSA) is 55.7 Å². The van der Waals surface area contributed by atoms with Crippen molar-refractivity contribution in [2.24, 2.45) is 16.0 Å². The predicted octanol–water partition coefficient (Wildman–Crippen LogP) is 1.79. The number of rotatable bonds is 4. The van der Waals surface area contributed by atoms with Crippen molar-refractivity contribution < 1.29 is 14.4 Å². The molecule has 0 rings (SSSR count). The van der Waals surface area contributed by atoms with Crippen molar-refractivity contribution in [1.29, 1.82) is 0 Å². The summed E-state index contributed by atoms with van der Waals surface area (Å²) in [6.07, 6.45) is 1.34. The quantitative estimate of drug-likeness (QED) is 0.300. The molecule has 0 aromatic carbocycles. The highest BCUT2D eigenvalue weighted by Gasteiger charge is 2.34. The lowest BCUT2D eigenvalue weighted by Crippen LogP contribution is -2.36. The van der Waals surface area contributed by atoms with Crippen LogP contribution in [0.25, 0.3) is 0 Å². The molecule has 0 saturated heterocycles. The number of carbonyl (C=O) groups is 2. The third-order valence-electron chi connectivity index (χ3n) is 1.75. The Balaban J connectivity index is 4.62. The van der Waals surface area contributed by atoms with Crippen LogP contribution in [0.1, 0.15) is 34.6 Å². The van der Waals surface area contributed by atoms with Crippen LogP contribution in [0.4, 0.5) is 0 Å². The van der Waals surface area contributed by atoms with Gasteiger partial charge in [0.25, 0.3) is 0 Å². The molecule has 0 saturated carbocycles. The van der Waals surface area contributed by atoms with E-state index in [0.29, 0.717) is 0 Å². The second-order valence-corrected chi connectivity index (χ2v) is 4.74. The van der Waals surface area contributed by atoms with Gasteiger partial charge in [-0.15, -0.1) is 0 Å². The van der Waals surface area contributed by atoms with E-state index in [4.69, 9.17) is 0 Å². The molecule has 0 aliphatic carbocycles. The van der Waals surface area contributed by atoms with Crippen molar-refractivity contribution >= 4 is 18.5 Å². The highest BCUT2D eigenvalue weighted by molar-refractivity contribution is 6.01. The molecule has 4 heteroatoms. The molecule has 0 bridgehead atoms. The van der Waals surface area contributed by atoms with Crippen LogP contribution in [0.2, 0.25) is 0 Å². The number of hydrogen-bond acceptors (Lipinski definition) is 4. The summed E-state index contributed by atoms with van der Waals surface area (Å²) in [5.74, 6) is 0.0447. The molecular formula is C10H17NO3. The lowest BCUT2D eigenvalue weighted by molar-refractivity contribution is -0.132. The third-order valence-corrected chi connectivity index (χ3v) is 1.75. The van der Waals surface area contributed by atoms with E-state index in [-0.39, 0.29) is 12.3 Å². The number of Topliss-reactive ketones (excluding diaryl/α,β-unsaturated/α-hetero) is 1. The second kappa shape index (κ2) is 4.35. The minimum Gasteiger partial charge on any atom is -0.322 e. The number of carbonyl (C=O) groups excluding carboxylic acids is 2. The van der Waals surface area contributed by atoms with Crippen LogP contribution in [0.15, 0.2) is 5.16 Å². The molecule has 0 heterocycles. The van der Waals surface area contributed by atoms with Gasteiger partial charge in [0.05, 0.1) is 11.6 Å². The molecule has 0 unspecified atom stereocenters. The van der Waals surface area contributed by atoms with Gasteiger partial charge in [-0.05, 0) is 13.8 Å². The molecule has 0 aromatic heterocycles. The molecular weight excluding hydrogens is 182 g/mol. The van der Waals surface area contributed by atoms with Gasteiger partial charge in [0.1, 0.15) is 5.78 Å². The van der Waals surface area contributed by atoms with Crippen LogP contribution in [0, 0.1) is 10.8 Å². The van der Waals surface area contributed by atoms with Crippen LogP contribution >= 0.6 is 0 Å². The normalized spacial score (nSPS) is 12.9. The maximum atomic E-state index is 11.8. The minimum absolute atomic E-state index is 0.0447. The molecule has 0 aliphatic rings.